The number of carbonyl (C=O) groups is 2. The molecule has 1 heterocycles. The van der Waals surface area contributed by atoms with E-state index >= 15 is 0 Å². The van der Waals surface area contributed by atoms with Crippen LogP contribution in [-0.4, -0.2) is 18.0 Å². The van der Waals surface area contributed by atoms with Crippen LogP contribution in [0.5, 0.6) is 11.5 Å². The number of Topliss-reactive ketones (excluding diaryl/α,β-unsaturated/α-hetero) is 1. The molecular formula is C9H5F2NO4. The predicted octanol–water partition coefficient (Wildman–Crippen LogP) is 0.676. The third kappa shape index (κ3) is 1.67. The molecule has 1 aromatic carbocycles. The zero-order valence-electron chi connectivity index (χ0n) is 7.70. The van der Waals surface area contributed by atoms with Gasteiger partial charge in [-0.15, -0.1) is 8.78 Å². The van der Waals surface area contributed by atoms with Crippen LogP contribution in [0.25, 0.3) is 0 Å². The highest BCUT2D eigenvalue weighted by molar-refractivity contribution is 6.42. The topological polar surface area (TPSA) is 78.6 Å². The first kappa shape index (κ1) is 10.3. The number of ketones is 1. The maximum absolute atomic E-state index is 12.6. The molecule has 1 aromatic rings. The van der Waals surface area contributed by atoms with Gasteiger partial charge in [-0.05, 0) is 18.2 Å². The van der Waals surface area contributed by atoms with Crippen molar-refractivity contribution in [2.45, 2.75) is 6.29 Å². The number of benzene rings is 1. The van der Waals surface area contributed by atoms with E-state index in [1.807, 2.05) is 0 Å². The van der Waals surface area contributed by atoms with Crippen LogP contribution in [0.2, 0.25) is 0 Å². The number of fused-ring (bicyclic) bond motifs is 1. The second kappa shape index (κ2) is 3.16. The number of primary amides is 1. The Bertz CT molecular complexity index is 486. The van der Waals surface area contributed by atoms with Gasteiger partial charge < -0.3 is 15.2 Å². The van der Waals surface area contributed by atoms with E-state index in [0.29, 0.717) is 0 Å². The first-order valence-electron chi connectivity index (χ1n) is 4.13. The second-order valence-electron chi connectivity index (χ2n) is 3.02. The first-order valence-corrected chi connectivity index (χ1v) is 4.13. The Hall–Kier alpha value is -2.18. The Labute approximate surface area is 87.7 Å². The van der Waals surface area contributed by atoms with Crippen LogP contribution in [0.15, 0.2) is 18.2 Å². The lowest BCUT2D eigenvalue weighted by Gasteiger charge is -2.04. The van der Waals surface area contributed by atoms with E-state index in [9.17, 15) is 18.4 Å². The summed E-state index contributed by atoms with van der Waals surface area (Å²) in [6.45, 7) is 0. The van der Waals surface area contributed by atoms with Gasteiger partial charge in [-0.3, -0.25) is 9.59 Å². The second-order valence-corrected chi connectivity index (χ2v) is 3.02. The molecule has 0 saturated carbocycles. The van der Waals surface area contributed by atoms with E-state index < -0.39 is 18.0 Å². The van der Waals surface area contributed by atoms with Gasteiger partial charge in [0.2, 0.25) is 5.78 Å². The fourth-order valence-electron chi connectivity index (χ4n) is 1.23. The molecule has 0 unspecified atom stereocenters. The van der Waals surface area contributed by atoms with E-state index in [1.54, 1.807) is 0 Å². The minimum Gasteiger partial charge on any atom is -0.395 e. The van der Waals surface area contributed by atoms with Crippen molar-refractivity contribution in [2.75, 3.05) is 0 Å². The van der Waals surface area contributed by atoms with Crippen LogP contribution in [0.4, 0.5) is 8.78 Å². The first-order chi connectivity index (χ1) is 7.39. The molecular weight excluding hydrogens is 224 g/mol. The van der Waals surface area contributed by atoms with Crippen molar-refractivity contribution < 1.29 is 27.8 Å². The van der Waals surface area contributed by atoms with Gasteiger partial charge in [0.1, 0.15) is 0 Å². The van der Waals surface area contributed by atoms with Gasteiger partial charge in [0, 0.05) is 5.56 Å². The average Bonchev–Trinajstić information content (AvgIpc) is 2.48. The van der Waals surface area contributed by atoms with Gasteiger partial charge in [0.05, 0.1) is 0 Å². The summed E-state index contributed by atoms with van der Waals surface area (Å²) in [6.07, 6.45) is -3.75. The summed E-state index contributed by atoms with van der Waals surface area (Å²) < 4.78 is 33.4. The van der Waals surface area contributed by atoms with Crippen LogP contribution in [0.1, 0.15) is 10.4 Å². The molecule has 1 amide bonds. The molecule has 0 spiro atoms. The average molecular weight is 229 g/mol. The van der Waals surface area contributed by atoms with E-state index in [2.05, 4.69) is 9.47 Å². The van der Waals surface area contributed by atoms with Crippen molar-refractivity contribution in [2.24, 2.45) is 5.73 Å². The monoisotopic (exact) mass is 229 g/mol. The Morgan fingerprint density at radius 1 is 1.19 bits per heavy atom. The van der Waals surface area contributed by atoms with Gasteiger partial charge in [-0.1, -0.05) is 0 Å². The van der Waals surface area contributed by atoms with Crippen molar-refractivity contribution in [1.82, 2.24) is 0 Å². The summed E-state index contributed by atoms with van der Waals surface area (Å²) in [4.78, 5) is 21.7. The Kier molecular flexibility index (Phi) is 2.04. The summed E-state index contributed by atoms with van der Waals surface area (Å²) in [5, 5.41) is 0. The summed E-state index contributed by atoms with van der Waals surface area (Å²) in [6, 6.07) is 3.23. The van der Waals surface area contributed by atoms with Gasteiger partial charge in [-0.25, -0.2) is 0 Å². The molecule has 0 bridgehead atoms. The zero-order chi connectivity index (χ0) is 11.9. The molecule has 1 aliphatic rings. The summed E-state index contributed by atoms with van der Waals surface area (Å²) in [5.41, 5.74) is 4.63. The molecule has 0 saturated heterocycles. The minimum absolute atomic E-state index is 0.132. The molecule has 0 atom stereocenters. The third-order valence-electron chi connectivity index (χ3n) is 1.89. The predicted molar refractivity (Wildman–Crippen MR) is 46.2 cm³/mol. The molecule has 0 aliphatic carbocycles. The lowest BCUT2D eigenvalue weighted by molar-refractivity contribution is -0.286. The SMILES string of the molecule is NC(=O)C(=O)c1ccc2c(c1)OC(F)(F)O2. The number of ether oxygens (including phenoxy) is 2. The van der Waals surface area contributed by atoms with Crippen molar-refractivity contribution in [1.29, 1.82) is 0 Å². The molecule has 0 aromatic heterocycles. The van der Waals surface area contributed by atoms with Crippen LogP contribution < -0.4 is 15.2 Å². The number of hydrogen-bond acceptors (Lipinski definition) is 4. The largest absolute Gasteiger partial charge is 0.586 e. The molecule has 1 aliphatic heterocycles. The van der Waals surface area contributed by atoms with Gasteiger partial charge in [-0.2, -0.15) is 0 Å². The Morgan fingerprint density at radius 2 is 1.81 bits per heavy atom. The molecule has 7 heteroatoms. The summed E-state index contributed by atoms with van der Waals surface area (Å²) in [5.74, 6) is -2.67. The van der Waals surface area contributed by atoms with Crippen molar-refractivity contribution in [3.8, 4) is 11.5 Å². The molecule has 84 valence electrons. The number of carbonyl (C=O) groups excluding carboxylic acids is 2. The van der Waals surface area contributed by atoms with Crippen molar-refractivity contribution in [3.05, 3.63) is 23.8 Å². The molecule has 2 rings (SSSR count). The van der Waals surface area contributed by atoms with E-state index in [1.165, 1.54) is 0 Å². The van der Waals surface area contributed by atoms with E-state index in [4.69, 9.17) is 5.73 Å². The van der Waals surface area contributed by atoms with Crippen LogP contribution in [-0.2, 0) is 4.79 Å². The highest BCUT2D eigenvalue weighted by Gasteiger charge is 2.43. The fraction of sp³-hybridized carbons (Fsp3) is 0.111. The number of nitrogens with two attached hydrogens (primary N) is 1. The van der Waals surface area contributed by atoms with Crippen LogP contribution in [0, 0.1) is 0 Å². The van der Waals surface area contributed by atoms with Crippen molar-refractivity contribution in [3.63, 3.8) is 0 Å². The Morgan fingerprint density at radius 3 is 2.44 bits per heavy atom. The lowest BCUT2D eigenvalue weighted by Crippen LogP contribution is -2.26. The Balaban J connectivity index is 2.36. The highest BCUT2D eigenvalue weighted by atomic mass is 19.3. The smallest absolute Gasteiger partial charge is 0.395 e. The van der Waals surface area contributed by atoms with E-state index in [-0.39, 0.29) is 17.1 Å². The lowest BCUT2D eigenvalue weighted by atomic mass is 10.1. The molecule has 0 radical (unpaired) electrons. The van der Waals surface area contributed by atoms with Crippen LogP contribution in [0.3, 0.4) is 0 Å². The maximum Gasteiger partial charge on any atom is 0.586 e. The van der Waals surface area contributed by atoms with Gasteiger partial charge >= 0.3 is 6.29 Å². The molecule has 0 fully saturated rings. The summed E-state index contributed by atoms with van der Waals surface area (Å²) in [7, 11) is 0. The number of alkyl halides is 2. The summed E-state index contributed by atoms with van der Waals surface area (Å²) >= 11 is 0. The van der Waals surface area contributed by atoms with Gasteiger partial charge in [0.15, 0.2) is 11.5 Å². The maximum atomic E-state index is 12.6. The fourth-order valence-corrected chi connectivity index (χ4v) is 1.23. The number of hydrogen-bond donors (Lipinski definition) is 1. The highest BCUT2D eigenvalue weighted by Crippen LogP contribution is 2.41. The standard InChI is InChI=1S/C9H5F2NO4/c10-9(11)15-5-2-1-4(3-6(5)16-9)7(13)8(12)14/h1-3H,(H2,12,14). The van der Waals surface area contributed by atoms with Crippen LogP contribution >= 0.6 is 0 Å². The number of rotatable bonds is 2. The normalized spacial score (nSPS) is 15.9. The third-order valence-corrected chi connectivity index (χ3v) is 1.89. The number of halogens is 2. The van der Waals surface area contributed by atoms with Crippen molar-refractivity contribution >= 4 is 11.7 Å². The number of amides is 1. The van der Waals surface area contributed by atoms with Gasteiger partial charge in [0.25, 0.3) is 5.91 Å². The van der Waals surface area contributed by atoms with E-state index in [0.717, 1.165) is 18.2 Å². The zero-order valence-corrected chi connectivity index (χ0v) is 7.70. The quantitative estimate of drug-likeness (QED) is 0.597. The molecule has 16 heavy (non-hydrogen) atoms. The molecule has 5 nitrogen and oxygen atoms in total. The molecule has 2 N–H and O–H groups in total. The minimum atomic E-state index is -3.75.